The summed E-state index contributed by atoms with van der Waals surface area (Å²) in [6, 6.07) is 2.39. The lowest BCUT2D eigenvalue weighted by Gasteiger charge is -2.19. The highest BCUT2D eigenvalue weighted by atomic mass is 32.2. The van der Waals surface area contributed by atoms with Crippen molar-refractivity contribution in [3.63, 3.8) is 0 Å². The van der Waals surface area contributed by atoms with Crippen molar-refractivity contribution < 1.29 is 13.2 Å². The molecule has 0 unspecified atom stereocenters. The Morgan fingerprint density at radius 3 is 2.58 bits per heavy atom. The second-order valence-corrected chi connectivity index (χ2v) is 6.33. The number of pyridine rings is 1. The van der Waals surface area contributed by atoms with Gasteiger partial charge in [-0.3, -0.25) is 9.59 Å². The normalized spacial score (nSPS) is 18.4. The molecule has 2 heterocycles. The highest BCUT2D eigenvalue weighted by molar-refractivity contribution is 7.89. The van der Waals surface area contributed by atoms with Crippen molar-refractivity contribution in [2.45, 2.75) is 11.3 Å². The van der Waals surface area contributed by atoms with Crippen molar-refractivity contribution in [2.75, 3.05) is 26.7 Å². The first-order chi connectivity index (χ1) is 8.91. The van der Waals surface area contributed by atoms with E-state index in [2.05, 4.69) is 4.98 Å². The second kappa shape index (κ2) is 5.14. The average molecular weight is 285 g/mol. The average Bonchev–Trinajstić information content (AvgIpc) is 2.53. The Morgan fingerprint density at radius 1 is 1.21 bits per heavy atom. The minimum Gasteiger partial charge on any atom is -0.345 e. The van der Waals surface area contributed by atoms with Gasteiger partial charge in [0.25, 0.3) is 0 Å². The molecule has 0 spiro atoms. The van der Waals surface area contributed by atoms with Crippen LogP contribution in [0.1, 0.15) is 6.42 Å². The van der Waals surface area contributed by atoms with Crippen LogP contribution in [-0.2, 0) is 14.8 Å². The number of likely N-dealkylation sites (N-methyl/N-ethyl adjacent to an activating group) is 1. The van der Waals surface area contributed by atoms with Gasteiger partial charge in [-0.15, -0.1) is 0 Å². The summed E-state index contributed by atoms with van der Waals surface area (Å²) in [6.45, 7) is 0.659. The van der Waals surface area contributed by atoms with Crippen LogP contribution in [0.5, 0.6) is 0 Å². The third-order valence-electron chi connectivity index (χ3n) is 3.03. The van der Waals surface area contributed by atoms with Crippen molar-refractivity contribution >= 4 is 15.9 Å². The molecule has 0 saturated carbocycles. The number of H-pyrrole nitrogens is 1. The van der Waals surface area contributed by atoms with Gasteiger partial charge in [0.15, 0.2) is 0 Å². The highest BCUT2D eigenvalue weighted by Crippen LogP contribution is 2.16. The Morgan fingerprint density at radius 2 is 1.95 bits per heavy atom. The summed E-state index contributed by atoms with van der Waals surface area (Å²) in [6.07, 6.45) is 1.74. The molecule has 1 aliphatic rings. The van der Waals surface area contributed by atoms with Crippen LogP contribution in [0, 0.1) is 0 Å². The molecule has 0 aromatic carbocycles. The molecule has 1 saturated heterocycles. The molecule has 104 valence electrons. The zero-order valence-electron chi connectivity index (χ0n) is 10.5. The number of nitrogens with one attached hydrogen (secondary N) is 1. The molecule has 1 amide bonds. The van der Waals surface area contributed by atoms with Crippen LogP contribution in [0.3, 0.4) is 0 Å². The zero-order chi connectivity index (χ0) is 14.0. The summed E-state index contributed by atoms with van der Waals surface area (Å²) >= 11 is 0. The molecular weight excluding hydrogens is 270 g/mol. The highest BCUT2D eigenvalue weighted by Gasteiger charge is 2.29. The van der Waals surface area contributed by atoms with E-state index in [1.165, 1.54) is 11.0 Å². The molecule has 1 aliphatic heterocycles. The number of aromatic amines is 1. The van der Waals surface area contributed by atoms with E-state index in [4.69, 9.17) is 0 Å². The van der Waals surface area contributed by atoms with Gasteiger partial charge in [0.05, 0.1) is 11.4 Å². The second-order valence-electron chi connectivity index (χ2n) is 4.40. The molecule has 2 rings (SSSR count). The number of amides is 1. The van der Waals surface area contributed by atoms with Gasteiger partial charge >= 0.3 is 0 Å². The molecule has 7 nitrogen and oxygen atoms in total. The van der Waals surface area contributed by atoms with E-state index in [-0.39, 0.29) is 29.5 Å². The molecule has 1 aromatic heterocycles. The van der Waals surface area contributed by atoms with E-state index < -0.39 is 10.0 Å². The Balaban J connectivity index is 2.31. The molecule has 0 radical (unpaired) electrons. The molecular formula is C11H15N3O4S. The zero-order valence-corrected chi connectivity index (χ0v) is 11.3. The van der Waals surface area contributed by atoms with Crippen LogP contribution >= 0.6 is 0 Å². The van der Waals surface area contributed by atoms with E-state index >= 15 is 0 Å². The minimum absolute atomic E-state index is 0.00977. The predicted molar refractivity (Wildman–Crippen MR) is 68.1 cm³/mol. The Labute approximate surface area is 110 Å². The molecule has 1 fully saturated rings. The van der Waals surface area contributed by atoms with Gasteiger partial charge in [-0.25, -0.2) is 8.42 Å². The lowest BCUT2D eigenvalue weighted by atomic mass is 10.4. The molecule has 1 aromatic rings. The van der Waals surface area contributed by atoms with E-state index in [9.17, 15) is 18.0 Å². The van der Waals surface area contributed by atoms with Crippen molar-refractivity contribution in [1.29, 1.82) is 0 Å². The van der Waals surface area contributed by atoms with Crippen molar-refractivity contribution in [3.8, 4) is 0 Å². The molecule has 8 heteroatoms. The first-order valence-electron chi connectivity index (χ1n) is 5.84. The lowest BCUT2D eigenvalue weighted by molar-refractivity contribution is -0.129. The third kappa shape index (κ3) is 2.85. The van der Waals surface area contributed by atoms with Gasteiger partial charge < -0.3 is 9.88 Å². The van der Waals surface area contributed by atoms with Gasteiger partial charge in [0.2, 0.25) is 21.5 Å². The fourth-order valence-corrected chi connectivity index (χ4v) is 3.27. The monoisotopic (exact) mass is 285 g/mol. The van der Waals surface area contributed by atoms with Crippen molar-refractivity contribution in [1.82, 2.24) is 14.2 Å². The fourth-order valence-electron chi connectivity index (χ4n) is 1.87. The van der Waals surface area contributed by atoms with E-state index in [0.29, 0.717) is 13.0 Å². The summed E-state index contributed by atoms with van der Waals surface area (Å²) < 4.78 is 25.8. The van der Waals surface area contributed by atoms with E-state index in [1.807, 2.05) is 0 Å². The summed E-state index contributed by atoms with van der Waals surface area (Å²) in [5.74, 6) is -0.231. The minimum atomic E-state index is -3.74. The van der Waals surface area contributed by atoms with Crippen LogP contribution in [0.25, 0.3) is 0 Å². The molecule has 0 atom stereocenters. The topological polar surface area (TPSA) is 90.6 Å². The first kappa shape index (κ1) is 13.8. The van der Waals surface area contributed by atoms with Crippen LogP contribution in [-0.4, -0.2) is 55.2 Å². The maximum atomic E-state index is 12.3. The number of rotatable bonds is 2. The Bertz CT molecular complexity index is 617. The van der Waals surface area contributed by atoms with Gasteiger partial charge in [-0.05, 0) is 12.5 Å². The van der Waals surface area contributed by atoms with Crippen molar-refractivity contribution in [2.24, 2.45) is 0 Å². The van der Waals surface area contributed by atoms with Gasteiger partial charge in [0.1, 0.15) is 0 Å². The first-order valence-corrected chi connectivity index (χ1v) is 7.28. The van der Waals surface area contributed by atoms with E-state index in [0.717, 1.165) is 16.6 Å². The Kier molecular flexibility index (Phi) is 3.72. The quantitative estimate of drug-likeness (QED) is 0.772. The summed E-state index contributed by atoms with van der Waals surface area (Å²) in [5.41, 5.74) is -0.370. The molecule has 19 heavy (non-hydrogen) atoms. The number of carbonyl (C=O) groups is 1. The van der Waals surface area contributed by atoms with Crippen LogP contribution in [0.15, 0.2) is 28.0 Å². The van der Waals surface area contributed by atoms with Crippen LogP contribution in [0.2, 0.25) is 0 Å². The lowest BCUT2D eigenvalue weighted by Crippen LogP contribution is -2.38. The summed E-state index contributed by atoms with van der Waals surface area (Å²) in [5, 5.41) is 0. The number of hydrogen-bond acceptors (Lipinski definition) is 4. The van der Waals surface area contributed by atoms with Gasteiger partial charge in [-0.1, -0.05) is 0 Å². The van der Waals surface area contributed by atoms with Gasteiger partial charge in [0, 0.05) is 32.4 Å². The standard InChI is InChI=1S/C11H15N3O4S/c1-13-5-2-6-14(8-11(13)16)19(17,18)9-3-4-10(15)12-7-9/h3-4,7H,2,5-6,8H2,1H3,(H,12,15). The smallest absolute Gasteiger partial charge is 0.247 e. The number of carbonyl (C=O) groups excluding carboxylic acids is 1. The predicted octanol–water partition coefficient (Wildman–Crippen LogP) is -0.772. The number of aromatic nitrogens is 1. The molecule has 1 N–H and O–H groups in total. The van der Waals surface area contributed by atoms with Crippen LogP contribution in [0.4, 0.5) is 0 Å². The largest absolute Gasteiger partial charge is 0.345 e. The van der Waals surface area contributed by atoms with E-state index in [1.54, 1.807) is 7.05 Å². The van der Waals surface area contributed by atoms with Crippen LogP contribution < -0.4 is 5.56 Å². The van der Waals surface area contributed by atoms with Crippen molar-refractivity contribution in [3.05, 3.63) is 28.7 Å². The SMILES string of the molecule is CN1CCCN(S(=O)(=O)c2ccc(=O)[nH]c2)CC1=O. The fraction of sp³-hybridized carbons (Fsp3) is 0.455. The molecule has 0 aliphatic carbocycles. The maximum absolute atomic E-state index is 12.3. The summed E-state index contributed by atoms with van der Waals surface area (Å²) in [4.78, 5) is 26.5. The Hall–Kier alpha value is -1.67. The summed E-state index contributed by atoms with van der Waals surface area (Å²) in [7, 11) is -2.09. The van der Waals surface area contributed by atoms with Gasteiger partial charge in [-0.2, -0.15) is 4.31 Å². The maximum Gasteiger partial charge on any atom is 0.247 e. The number of hydrogen-bond donors (Lipinski definition) is 1. The molecule has 0 bridgehead atoms. The third-order valence-corrected chi connectivity index (χ3v) is 4.87. The number of nitrogens with zero attached hydrogens (tertiary/aromatic N) is 2. The number of sulfonamides is 1.